The molecule has 5 heteroatoms. The zero-order valence-electron chi connectivity index (χ0n) is 11.2. The number of fused-ring (bicyclic) bond motifs is 1. The first-order valence-corrected chi connectivity index (χ1v) is 6.78. The van der Waals surface area contributed by atoms with Crippen LogP contribution in [-0.4, -0.2) is 15.1 Å². The fraction of sp³-hybridized carbons (Fsp3) is 0.333. The van der Waals surface area contributed by atoms with Gasteiger partial charge in [-0.05, 0) is 36.3 Å². The lowest BCUT2D eigenvalue weighted by molar-refractivity contribution is 0.279. The number of benzene rings is 1. The van der Waals surface area contributed by atoms with Gasteiger partial charge in [-0.3, -0.25) is 0 Å². The van der Waals surface area contributed by atoms with Gasteiger partial charge in [-0.15, -0.1) is 0 Å². The Balaban J connectivity index is 1.96. The summed E-state index contributed by atoms with van der Waals surface area (Å²) in [7, 11) is 0. The van der Waals surface area contributed by atoms with E-state index >= 15 is 0 Å². The third kappa shape index (κ3) is 2.20. The topological polar surface area (TPSA) is 98.0 Å². The fourth-order valence-corrected chi connectivity index (χ4v) is 3.00. The minimum Gasteiger partial charge on any atom is -0.392 e. The van der Waals surface area contributed by atoms with Gasteiger partial charge in [-0.2, -0.15) is 4.98 Å². The molecule has 104 valence electrons. The molecule has 0 fully saturated rings. The van der Waals surface area contributed by atoms with Crippen LogP contribution in [0.1, 0.15) is 34.7 Å². The van der Waals surface area contributed by atoms with Crippen molar-refractivity contribution in [3.63, 3.8) is 0 Å². The highest BCUT2D eigenvalue weighted by atomic mass is 16.3. The van der Waals surface area contributed by atoms with Crippen LogP contribution in [0.5, 0.6) is 0 Å². The van der Waals surface area contributed by atoms with Gasteiger partial charge < -0.3 is 16.6 Å². The minimum absolute atomic E-state index is 0.0627. The average molecular weight is 270 g/mol. The molecule has 1 aromatic heterocycles. The first kappa shape index (κ1) is 12.9. The predicted octanol–water partition coefficient (Wildman–Crippen LogP) is 1.41. The summed E-state index contributed by atoms with van der Waals surface area (Å²) in [5.74, 6) is 1.08. The molecule has 5 N–H and O–H groups in total. The maximum absolute atomic E-state index is 9.47. The molecule has 1 atom stereocenters. The Morgan fingerprint density at radius 3 is 2.80 bits per heavy atom. The van der Waals surface area contributed by atoms with E-state index in [1.165, 1.54) is 5.56 Å². The monoisotopic (exact) mass is 270 g/mol. The summed E-state index contributed by atoms with van der Waals surface area (Å²) in [5, 5.41) is 9.47. The Bertz CT molecular complexity index is 642. The zero-order chi connectivity index (χ0) is 14.1. The summed E-state index contributed by atoms with van der Waals surface area (Å²) in [4.78, 5) is 8.34. The summed E-state index contributed by atoms with van der Waals surface area (Å²) in [6.07, 6.45) is 2.63. The molecule has 20 heavy (non-hydrogen) atoms. The van der Waals surface area contributed by atoms with E-state index < -0.39 is 0 Å². The highest BCUT2D eigenvalue weighted by Gasteiger charge is 2.25. The third-order valence-corrected chi connectivity index (χ3v) is 3.99. The van der Waals surface area contributed by atoms with Crippen LogP contribution in [0.4, 0.5) is 11.8 Å². The molecule has 2 aromatic rings. The van der Waals surface area contributed by atoms with E-state index in [0.717, 1.165) is 36.1 Å². The highest BCUT2D eigenvalue weighted by molar-refractivity contribution is 5.48. The van der Waals surface area contributed by atoms with Crippen molar-refractivity contribution < 1.29 is 5.11 Å². The normalized spacial score (nSPS) is 17.8. The molecule has 1 aliphatic carbocycles. The van der Waals surface area contributed by atoms with Crippen LogP contribution in [0.25, 0.3) is 0 Å². The molecule has 1 aliphatic rings. The van der Waals surface area contributed by atoms with E-state index in [2.05, 4.69) is 16.0 Å². The van der Waals surface area contributed by atoms with Crippen molar-refractivity contribution in [2.24, 2.45) is 0 Å². The maximum Gasteiger partial charge on any atom is 0.222 e. The molecule has 0 saturated carbocycles. The van der Waals surface area contributed by atoms with Crippen LogP contribution < -0.4 is 11.5 Å². The molecule has 0 saturated heterocycles. The molecule has 1 heterocycles. The number of nitrogens with zero attached hydrogens (tertiary/aromatic N) is 2. The predicted molar refractivity (Wildman–Crippen MR) is 78.0 cm³/mol. The Labute approximate surface area is 117 Å². The molecular weight excluding hydrogens is 252 g/mol. The molecular formula is C15H18N4O. The van der Waals surface area contributed by atoms with Crippen molar-refractivity contribution in [2.75, 3.05) is 11.5 Å². The first-order valence-electron chi connectivity index (χ1n) is 6.78. The number of anilines is 2. The first-order chi connectivity index (χ1) is 9.69. The van der Waals surface area contributed by atoms with E-state index in [4.69, 9.17) is 11.5 Å². The van der Waals surface area contributed by atoms with Crippen molar-refractivity contribution >= 4 is 11.8 Å². The van der Waals surface area contributed by atoms with Gasteiger partial charge in [0, 0.05) is 5.56 Å². The molecule has 0 amide bonds. The van der Waals surface area contributed by atoms with Crippen molar-refractivity contribution in [3.8, 4) is 0 Å². The number of aliphatic hydroxyl groups excluding tert-OH is 1. The molecule has 5 nitrogen and oxygen atoms in total. The number of hydrogen-bond donors (Lipinski definition) is 3. The lowest BCUT2D eigenvalue weighted by atomic mass is 9.80. The van der Waals surface area contributed by atoms with Crippen molar-refractivity contribution in [1.29, 1.82) is 0 Å². The summed E-state index contributed by atoms with van der Waals surface area (Å²) < 4.78 is 0. The lowest BCUT2D eigenvalue weighted by Crippen LogP contribution is -2.19. The lowest BCUT2D eigenvalue weighted by Gasteiger charge is -2.26. The number of aliphatic hydroxyl groups is 1. The number of nitrogens with two attached hydrogens (primary N) is 2. The van der Waals surface area contributed by atoms with E-state index in [-0.39, 0.29) is 12.6 Å². The molecule has 0 bridgehead atoms. The Morgan fingerprint density at radius 2 is 2.00 bits per heavy atom. The van der Waals surface area contributed by atoms with E-state index in [9.17, 15) is 5.11 Å². The summed E-state index contributed by atoms with van der Waals surface area (Å²) in [6, 6.07) is 8.00. The van der Waals surface area contributed by atoms with Gasteiger partial charge in [0.15, 0.2) is 0 Å². The third-order valence-electron chi connectivity index (χ3n) is 3.99. The Morgan fingerprint density at radius 1 is 1.20 bits per heavy atom. The van der Waals surface area contributed by atoms with Crippen molar-refractivity contribution in [1.82, 2.24) is 9.97 Å². The SMILES string of the molecule is Nc1nc(N)c2c(n1)CCC(c1ccccc1CO)C2. The van der Waals surface area contributed by atoms with E-state index in [0.29, 0.717) is 11.7 Å². The van der Waals surface area contributed by atoms with Crippen LogP contribution in [0, 0.1) is 0 Å². The minimum atomic E-state index is 0.0627. The summed E-state index contributed by atoms with van der Waals surface area (Å²) in [5.41, 5.74) is 15.8. The van der Waals surface area contributed by atoms with Crippen molar-refractivity contribution in [2.45, 2.75) is 31.8 Å². The summed E-state index contributed by atoms with van der Waals surface area (Å²) >= 11 is 0. The Hall–Kier alpha value is -2.14. The fourth-order valence-electron chi connectivity index (χ4n) is 3.00. The van der Waals surface area contributed by atoms with Gasteiger partial charge in [0.1, 0.15) is 5.82 Å². The number of aromatic nitrogens is 2. The molecule has 3 rings (SSSR count). The van der Waals surface area contributed by atoms with Crippen LogP contribution >= 0.6 is 0 Å². The van der Waals surface area contributed by atoms with Gasteiger partial charge in [-0.25, -0.2) is 4.98 Å². The molecule has 1 aromatic carbocycles. The molecule has 0 aliphatic heterocycles. The summed E-state index contributed by atoms with van der Waals surface area (Å²) in [6.45, 7) is 0.0627. The van der Waals surface area contributed by atoms with Gasteiger partial charge in [-0.1, -0.05) is 24.3 Å². The average Bonchev–Trinajstić information content (AvgIpc) is 2.47. The van der Waals surface area contributed by atoms with Crippen LogP contribution in [0.3, 0.4) is 0 Å². The van der Waals surface area contributed by atoms with Gasteiger partial charge in [0.2, 0.25) is 5.95 Å². The molecule has 0 radical (unpaired) electrons. The second-order valence-corrected chi connectivity index (χ2v) is 5.19. The van der Waals surface area contributed by atoms with Crippen LogP contribution in [0.15, 0.2) is 24.3 Å². The standard InChI is InChI=1S/C15H18N4O/c16-14-12-7-9(5-6-13(12)18-15(17)19-14)11-4-2-1-3-10(11)8-20/h1-4,9,20H,5-8H2,(H4,16,17,18,19). The number of hydrogen-bond acceptors (Lipinski definition) is 5. The Kier molecular flexibility index (Phi) is 3.28. The number of aryl methyl sites for hydroxylation is 1. The smallest absolute Gasteiger partial charge is 0.222 e. The van der Waals surface area contributed by atoms with Crippen LogP contribution in [0.2, 0.25) is 0 Å². The van der Waals surface area contributed by atoms with E-state index in [1.807, 2.05) is 18.2 Å². The van der Waals surface area contributed by atoms with Gasteiger partial charge in [0.05, 0.1) is 12.3 Å². The second kappa shape index (κ2) is 5.09. The molecule has 0 spiro atoms. The van der Waals surface area contributed by atoms with E-state index in [1.54, 1.807) is 0 Å². The maximum atomic E-state index is 9.47. The van der Waals surface area contributed by atoms with Gasteiger partial charge in [0.25, 0.3) is 0 Å². The molecule has 1 unspecified atom stereocenters. The zero-order valence-corrected chi connectivity index (χ0v) is 11.2. The second-order valence-electron chi connectivity index (χ2n) is 5.19. The highest BCUT2D eigenvalue weighted by Crippen LogP contribution is 2.35. The van der Waals surface area contributed by atoms with Crippen LogP contribution in [-0.2, 0) is 19.4 Å². The van der Waals surface area contributed by atoms with Crippen molar-refractivity contribution in [3.05, 3.63) is 46.6 Å². The quantitative estimate of drug-likeness (QED) is 0.766. The number of rotatable bonds is 2. The van der Waals surface area contributed by atoms with Gasteiger partial charge >= 0.3 is 0 Å². The largest absolute Gasteiger partial charge is 0.392 e. The number of nitrogen functional groups attached to an aromatic ring is 2.